The van der Waals surface area contributed by atoms with Gasteiger partial charge >= 0.3 is 0 Å². The Bertz CT molecular complexity index is 179. The van der Waals surface area contributed by atoms with E-state index in [-0.39, 0.29) is 0 Å². The molecule has 2 aliphatic rings. The minimum atomic E-state index is -0.436. The van der Waals surface area contributed by atoms with Gasteiger partial charge in [-0.2, -0.15) is 0 Å². The summed E-state index contributed by atoms with van der Waals surface area (Å²) >= 11 is 0. The average molecular weight is 198 g/mol. The third-order valence-corrected chi connectivity index (χ3v) is 4.03. The molecule has 1 saturated carbocycles. The van der Waals surface area contributed by atoms with Crippen LogP contribution in [0.3, 0.4) is 0 Å². The second-order valence-corrected chi connectivity index (χ2v) is 5.24. The molecule has 1 aliphatic carbocycles. The molecular formula is C12H22O2. The van der Waals surface area contributed by atoms with Crippen molar-refractivity contribution in [3.8, 4) is 0 Å². The van der Waals surface area contributed by atoms with Gasteiger partial charge in [-0.25, -0.2) is 0 Å². The number of ether oxygens (including phenoxy) is 1. The molecule has 0 aromatic heterocycles. The van der Waals surface area contributed by atoms with Gasteiger partial charge in [0.2, 0.25) is 0 Å². The second-order valence-electron chi connectivity index (χ2n) is 5.24. The van der Waals surface area contributed by atoms with Crippen LogP contribution in [0, 0.1) is 11.8 Å². The Morgan fingerprint density at radius 1 is 1.21 bits per heavy atom. The van der Waals surface area contributed by atoms with Crippen LogP contribution in [0.1, 0.15) is 45.4 Å². The fourth-order valence-corrected chi connectivity index (χ4v) is 2.77. The van der Waals surface area contributed by atoms with Crippen molar-refractivity contribution in [2.45, 2.75) is 51.0 Å². The monoisotopic (exact) mass is 198 g/mol. The Morgan fingerprint density at radius 2 is 1.86 bits per heavy atom. The number of rotatable bonds is 3. The summed E-state index contributed by atoms with van der Waals surface area (Å²) in [6.07, 6.45) is 7.13. The van der Waals surface area contributed by atoms with Gasteiger partial charge in [0.05, 0.1) is 5.60 Å². The summed E-state index contributed by atoms with van der Waals surface area (Å²) in [6.45, 7) is 3.71. The van der Waals surface area contributed by atoms with E-state index in [1.807, 2.05) is 6.92 Å². The Labute approximate surface area is 86.6 Å². The van der Waals surface area contributed by atoms with Crippen LogP contribution in [0.4, 0.5) is 0 Å². The molecule has 0 bridgehead atoms. The highest BCUT2D eigenvalue weighted by atomic mass is 16.5. The molecule has 0 spiro atoms. The third kappa shape index (κ3) is 2.29. The Kier molecular flexibility index (Phi) is 3.13. The number of aliphatic hydroxyl groups is 1. The molecule has 14 heavy (non-hydrogen) atoms. The first-order valence-corrected chi connectivity index (χ1v) is 5.98. The zero-order valence-electron chi connectivity index (χ0n) is 9.17. The zero-order chi connectivity index (χ0) is 10.0. The minimum Gasteiger partial charge on any atom is -0.390 e. The number of hydrogen-bond donors (Lipinski definition) is 1. The van der Waals surface area contributed by atoms with E-state index in [9.17, 15) is 5.11 Å². The quantitative estimate of drug-likeness (QED) is 0.754. The van der Waals surface area contributed by atoms with E-state index in [0.717, 1.165) is 38.4 Å². The molecule has 1 atom stereocenters. The lowest BCUT2D eigenvalue weighted by Gasteiger charge is -2.40. The first-order chi connectivity index (χ1) is 6.68. The van der Waals surface area contributed by atoms with E-state index >= 15 is 0 Å². The molecule has 1 aliphatic heterocycles. The molecular weight excluding hydrogens is 176 g/mol. The lowest BCUT2D eigenvalue weighted by atomic mass is 9.72. The molecule has 2 nitrogen and oxygen atoms in total. The average Bonchev–Trinajstić information content (AvgIpc) is 2.13. The van der Waals surface area contributed by atoms with Crippen LogP contribution in [0.2, 0.25) is 0 Å². The smallest absolute Gasteiger partial charge is 0.0652 e. The minimum absolute atomic E-state index is 0.436. The van der Waals surface area contributed by atoms with E-state index in [0.29, 0.717) is 5.92 Å². The van der Waals surface area contributed by atoms with Crippen LogP contribution in [-0.2, 0) is 4.74 Å². The van der Waals surface area contributed by atoms with Gasteiger partial charge in [0.15, 0.2) is 0 Å². The lowest BCUT2D eigenvalue weighted by Crippen LogP contribution is -2.40. The maximum absolute atomic E-state index is 10.4. The van der Waals surface area contributed by atoms with Crippen LogP contribution < -0.4 is 0 Å². The summed E-state index contributed by atoms with van der Waals surface area (Å²) in [5.74, 6) is 1.27. The van der Waals surface area contributed by atoms with Gasteiger partial charge < -0.3 is 9.84 Å². The first kappa shape index (κ1) is 10.4. The molecule has 82 valence electrons. The maximum atomic E-state index is 10.4. The Balaban J connectivity index is 1.84. The van der Waals surface area contributed by atoms with E-state index in [2.05, 4.69) is 0 Å². The van der Waals surface area contributed by atoms with E-state index in [1.54, 1.807) is 0 Å². The van der Waals surface area contributed by atoms with Gasteiger partial charge in [-0.1, -0.05) is 19.3 Å². The SMILES string of the molecule is CC(O)(CC1CCC1)C1CCOCC1. The fraction of sp³-hybridized carbons (Fsp3) is 1.00. The standard InChI is InChI=1S/C12H22O2/c1-12(13,9-10-3-2-4-10)11-5-7-14-8-6-11/h10-11,13H,2-9H2,1H3. The predicted molar refractivity (Wildman–Crippen MR) is 56.1 cm³/mol. The lowest BCUT2D eigenvalue weighted by molar-refractivity contribution is -0.0725. The molecule has 0 aromatic carbocycles. The van der Waals surface area contributed by atoms with Crippen molar-refractivity contribution >= 4 is 0 Å². The topological polar surface area (TPSA) is 29.5 Å². The first-order valence-electron chi connectivity index (χ1n) is 5.98. The van der Waals surface area contributed by atoms with E-state index in [1.165, 1.54) is 19.3 Å². The molecule has 0 radical (unpaired) electrons. The highest BCUT2D eigenvalue weighted by Crippen LogP contribution is 2.39. The summed E-state index contributed by atoms with van der Waals surface area (Å²) in [6, 6.07) is 0. The highest BCUT2D eigenvalue weighted by Gasteiger charge is 2.36. The molecule has 0 amide bonds. The molecule has 1 N–H and O–H groups in total. The molecule has 2 heteroatoms. The van der Waals surface area contributed by atoms with Crippen LogP contribution >= 0.6 is 0 Å². The zero-order valence-corrected chi connectivity index (χ0v) is 9.17. The summed E-state index contributed by atoms with van der Waals surface area (Å²) in [7, 11) is 0. The van der Waals surface area contributed by atoms with Crippen molar-refractivity contribution in [1.82, 2.24) is 0 Å². The Hall–Kier alpha value is -0.0800. The molecule has 1 unspecified atom stereocenters. The molecule has 0 aromatic rings. The van der Waals surface area contributed by atoms with Crippen molar-refractivity contribution in [2.24, 2.45) is 11.8 Å². The summed E-state index contributed by atoms with van der Waals surface area (Å²) in [4.78, 5) is 0. The van der Waals surface area contributed by atoms with E-state index < -0.39 is 5.60 Å². The van der Waals surface area contributed by atoms with Crippen LogP contribution in [0.25, 0.3) is 0 Å². The molecule has 1 heterocycles. The van der Waals surface area contributed by atoms with E-state index in [4.69, 9.17) is 4.74 Å². The normalized spacial score (nSPS) is 29.6. The van der Waals surface area contributed by atoms with Gasteiger partial charge in [-0.3, -0.25) is 0 Å². The van der Waals surface area contributed by atoms with Crippen LogP contribution in [-0.4, -0.2) is 23.9 Å². The van der Waals surface area contributed by atoms with Gasteiger partial charge in [-0.15, -0.1) is 0 Å². The summed E-state index contributed by atoms with van der Waals surface area (Å²) in [5.41, 5.74) is -0.436. The van der Waals surface area contributed by atoms with Gasteiger partial charge in [0.25, 0.3) is 0 Å². The van der Waals surface area contributed by atoms with Crippen molar-refractivity contribution in [2.75, 3.05) is 13.2 Å². The largest absolute Gasteiger partial charge is 0.390 e. The van der Waals surface area contributed by atoms with Crippen molar-refractivity contribution in [1.29, 1.82) is 0 Å². The molecule has 1 saturated heterocycles. The third-order valence-electron chi connectivity index (χ3n) is 4.03. The van der Waals surface area contributed by atoms with Crippen LogP contribution in [0.15, 0.2) is 0 Å². The van der Waals surface area contributed by atoms with Crippen molar-refractivity contribution in [3.63, 3.8) is 0 Å². The van der Waals surface area contributed by atoms with Crippen LogP contribution in [0.5, 0.6) is 0 Å². The second kappa shape index (κ2) is 4.19. The fourth-order valence-electron chi connectivity index (χ4n) is 2.77. The predicted octanol–water partition coefficient (Wildman–Crippen LogP) is 2.35. The highest BCUT2D eigenvalue weighted by molar-refractivity contribution is 4.87. The van der Waals surface area contributed by atoms with Gasteiger partial charge in [-0.05, 0) is 38.0 Å². The maximum Gasteiger partial charge on any atom is 0.0652 e. The molecule has 2 rings (SSSR count). The van der Waals surface area contributed by atoms with Crippen molar-refractivity contribution in [3.05, 3.63) is 0 Å². The van der Waals surface area contributed by atoms with Crippen molar-refractivity contribution < 1.29 is 9.84 Å². The summed E-state index contributed by atoms with van der Waals surface area (Å²) in [5, 5.41) is 10.4. The number of hydrogen-bond acceptors (Lipinski definition) is 2. The Morgan fingerprint density at radius 3 is 2.36 bits per heavy atom. The summed E-state index contributed by atoms with van der Waals surface area (Å²) < 4.78 is 5.33. The van der Waals surface area contributed by atoms with Gasteiger partial charge in [0, 0.05) is 13.2 Å². The molecule has 2 fully saturated rings. The van der Waals surface area contributed by atoms with Gasteiger partial charge in [0.1, 0.15) is 0 Å².